The summed E-state index contributed by atoms with van der Waals surface area (Å²) in [6, 6.07) is 5.81. The summed E-state index contributed by atoms with van der Waals surface area (Å²) in [5.41, 5.74) is 1.96. The van der Waals surface area contributed by atoms with Crippen LogP contribution >= 0.6 is 0 Å². The minimum atomic E-state index is -0.593. The summed E-state index contributed by atoms with van der Waals surface area (Å²) in [4.78, 5) is 40.4. The number of piperidine rings is 1. The number of methoxy groups -OCH3 is 1. The molecule has 3 heterocycles. The number of aromatic nitrogens is 3. The first-order valence-electron chi connectivity index (χ1n) is 15.0. The molecule has 5 rings (SSSR count). The summed E-state index contributed by atoms with van der Waals surface area (Å²) in [7, 11) is 1.42. The normalized spacial score (nSPS) is 20.2. The molecule has 11 heteroatoms. The van der Waals surface area contributed by atoms with E-state index in [0.29, 0.717) is 23.6 Å². The van der Waals surface area contributed by atoms with E-state index in [2.05, 4.69) is 25.2 Å². The van der Waals surface area contributed by atoms with E-state index in [1.807, 2.05) is 24.5 Å². The summed E-state index contributed by atoms with van der Waals surface area (Å²) < 4.78 is 27.4. The van der Waals surface area contributed by atoms with Crippen molar-refractivity contribution in [1.29, 1.82) is 0 Å². The van der Waals surface area contributed by atoms with Gasteiger partial charge in [0.15, 0.2) is 0 Å². The largest absolute Gasteiger partial charge is 0.497 e. The van der Waals surface area contributed by atoms with Crippen molar-refractivity contribution in [3.05, 3.63) is 47.5 Å². The van der Waals surface area contributed by atoms with Crippen LogP contribution in [0, 0.1) is 11.7 Å². The topological polar surface area (TPSA) is 114 Å². The standard InChI is InChI=1S/C31H41FN6O4/c1-20(2)34-29(39)21-7-9-24(10-8-21)38-27-18-28(42-14-13-37-11-5-4-6-12-37)33-19-26(27)35-31(38)36-30(40)22-15-23(32)17-25(16-22)41-3/h15-21,24H,4-14H2,1-3H3,(H,34,39)(H,35,36,40). The molecule has 2 fully saturated rings. The number of hydrogen-bond donors (Lipinski definition) is 2. The highest BCUT2D eigenvalue weighted by molar-refractivity contribution is 5.95. The van der Waals surface area contributed by atoms with Crippen LogP contribution in [0.3, 0.4) is 0 Å². The van der Waals surface area contributed by atoms with Gasteiger partial charge < -0.3 is 24.3 Å². The summed E-state index contributed by atoms with van der Waals surface area (Å²) in [5, 5.41) is 3.03. The lowest BCUT2D eigenvalue weighted by Crippen LogP contribution is -2.38. The highest BCUT2D eigenvalue weighted by atomic mass is 19.1. The van der Waals surface area contributed by atoms with Crippen molar-refractivity contribution in [1.82, 2.24) is 24.8 Å². The fourth-order valence-electron chi connectivity index (χ4n) is 5.97. The van der Waals surface area contributed by atoms with Gasteiger partial charge in [-0.15, -0.1) is 0 Å². The van der Waals surface area contributed by atoms with Crippen LogP contribution in [0.2, 0.25) is 0 Å². The summed E-state index contributed by atoms with van der Waals surface area (Å²) in [6.45, 7) is 7.51. The van der Waals surface area contributed by atoms with Gasteiger partial charge in [-0.05, 0) is 77.6 Å². The lowest BCUT2D eigenvalue weighted by Gasteiger charge is -2.29. The van der Waals surface area contributed by atoms with Crippen molar-refractivity contribution >= 4 is 22.8 Å². The molecule has 1 saturated heterocycles. The number of hydrogen-bond acceptors (Lipinski definition) is 6. The van der Waals surface area contributed by atoms with Gasteiger partial charge in [0.25, 0.3) is 5.91 Å². The Kier molecular flexibility index (Phi) is 9.56. The molecule has 1 aliphatic heterocycles. The molecule has 2 N–H and O–H groups in total. The number of aromatic amines is 1. The van der Waals surface area contributed by atoms with Crippen LogP contribution in [0.4, 0.5) is 4.39 Å². The fraction of sp³-hybridized carbons (Fsp3) is 0.548. The van der Waals surface area contributed by atoms with Gasteiger partial charge in [0.2, 0.25) is 17.4 Å². The molecule has 42 heavy (non-hydrogen) atoms. The Hall–Kier alpha value is -3.73. The Balaban J connectivity index is 1.44. The molecule has 1 aliphatic carbocycles. The first-order valence-corrected chi connectivity index (χ1v) is 15.0. The first kappa shape index (κ1) is 29.8. The monoisotopic (exact) mass is 580 g/mol. The number of amides is 2. The van der Waals surface area contributed by atoms with Gasteiger partial charge >= 0.3 is 0 Å². The SMILES string of the molecule is COc1cc(F)cc(C(=O)N=c2[nH]c3cnc(OCCN4CCCCC4)cc3n2C2CCC(C(=O)NC(C)C)CC2)c1. The quantitative estimate of drug-likeness (QED) is 0.389. The number of fused-ring (bicyclic) bond motifs is 1. The van der Waals surface area contributed by atoms with Crippen LogP contribution in [0.15, 0.2) is 35.5 Å². The maximum Gasteiger partial charge on any atom is 0.280 e. The molecule has 10 nitrogen and oxygen atoms in total. The molecule has 2 aromatic heterocycles. The van der Waals surface area contributed by atoms with Gasteiger partial charge in [-0.3, -0.25) is 14.5 Å². The van der Waals surface area contributed by atoms with Crippen LogP contribution in [0.25, 0.3) is 11.0 Å². The molecule has 1 aromatic carbocycles. The molecule has 0 atom stereocenters. The molecule has 226 valence electrons. The second kappa shape index (κ2) is 13.5. The van der Waals surface area contributed by atoms with E-state index in [0.717, 1.165) is 56.9 Å². The van der Waals surface area contributed by atoms with Crippen LogP contribution < -0.4 is 20.4 Å². The van der Waals surface area contributed by atoms with Crippen LogP contribution in [-0.4, -0.2) is 70.6 Å². The third kappa shape index (κ3) is 7.18. The van der Waals surface area contributed by atoms with E-state index in [9.17, 15) is 14.0 Å². The lowest BCUT2D eigenvalue weighted by atomic mass is 9.85. The number of rotatable bonds is 9. The number of pyridine rings is 1. The molecule has 1 saturated carbocycles. The molecule has 2 amide bonds. The van der Waals surface area contributed by atoms with Crippen LogP contribution in [-0.2, 0) is 4.79 Å². The van der Waals surface area contributed by atoms with Crippen molar-refractivity contribution in [3.63, 3.8) is 0 Å². The second-order valence-electron chi connectivity index (χ2n) is 11.6. The molecule has 0 radical (unpaired) electrons. The molecule has 3 aromatic rings. The van der Waals surface area contributed by atoms with Crippen molar-refractivity contribution in [2.24, 2.45) is 10.9 Å². The number of H-pyrrole nitrogens is 1. The number of likely N-dealkylation sites (tertiary alicyclic amines) is 1. The zero-order valence-electron chi connectivity index (χ0n) is 24.7. The van der Waals surface area contributed by atoms with Crippen LogP contribution in [0.1, 0.15) is 75.2 Å². The third-order valence-corrected chi connectivity index (χ3v) is 8.12. The predicted octanol–water partition coefficient (Wildman–Crippen LogP) is 4.37. The Morgan fingerprint density at radius 3 is 2.60 bits per heavy atom. The zero-order chi connectivity index (χ0) is 29.6. The number of carbonyl (C=O) groups is 2. The number of carbonyl (C=O) groups excluding carboxylic acids is 2. The number of halogens is 1. The zero-order valence-corrected chi connectivity index (χ0v) is 24.7. The van der Waals surface area contributed by atoms with Gasteiger partial charge in [0.1, 0.15) is 18.2 Å². The van der Waals surface area contributed by atoms with Gasteiger partial charge in [-0.25, -0.2) is 9.37 Å². The maximum atomic E-state index is 14.2. The maximum absolute atomic E-state index is 14.2. The minimum Gasteiger partial charge on any atom is -0.497 e. The Morgan fingerprint density at radius 2 is 1.88 bits per heavy atom. The van der Waals surface area contributed by atoms with E-state index in [-0.39, 0.29) is 35.2 Å². The van der Waals surface area contributed by atoms with E-state index in [1.165, 1.54) is 38.5 Å². The highest BCUT2D eigenvalue weighted by Crippen LogP contribution is 2.34. The number of nitrogens with zero attached hydrogens (tertiary/aromatic N) is 4. The summed E-state index contributed by atoms with van der Waals surface area (Å²) >= 11 is 0. The number of benzene rings is 1. The Morgan fingerprint density at radius 1 is 1.12 bits per heavy atom. The minimum absolute atomic E-state index is 0.000884. The van der Waals surface area contributed by atoms with E-state index in [1.54, 1.807) is 6.20 Å². The molecular formula is C31H41FN6O4. The predicted molar refractivity (Wildman–Crippen MR) is 157 cm³/mol. The third-order valence-electron chi connectivity index (χ3n) is 8.12. The Bertz CT molecular complexity index is 1470. The summed E-state index contributed by atoms with van der Waals surface area (Å²) in [6.07, 6.45) is 8.36. The van der Waals surface area contributed by atoms with Crippen molar-refractivity contribution in [2.75, 3.05) is 33.4 Å². The lowest BCUT2D eigenvalue weighted by molar-refractivity contribution is -0.126. The molecular weight excluding hydrogens is 539 g/mol. The van der Waals surface area contributed by atoms with Gasteiger partial charge in [-0.1, -0.05) is 6.42 Å². The van der Waals surface area contributed by atoms with E-state index < -0.39 is 11.7 Å². The molecule has 0 bridgehead atoms. The molecule has 0 spiro atoms. The van der Waals surface area contributed by atoms with Crippen LogP contribution in [0.5, 0.6) is 11.6 Å². The van der Waals surface area contributed by atoms with Gasteiger partial charge in [0, 0.05) is 42.2 Å². The van der Waals surface area contributed by atoms with Crippen molar-refractivity contribution in [2.45, 2.75) is 70.9 Å². The van der Waals surface area contributed by atoms with Crippen molar-refractivity contribution < 1.29 is 23.5 Å². The highest BCUT2D eigenvalue weighted by Gasteiger charge is 2.29. The molecule has 2 aliphatic rings. The van der Waals surface area contributed by atoms with Crippen molar-refractivity contribution in [3.8, 4) is 11.6 Å². The average Bonchev–Trinajstić information content (AvgIpc) is 3.34. The first-order chi connectivity index (χ1) is 20.3. The second-order valence-corrected chi connectivity index (χ2v) is 11.6. The average molecular weight is 581 g/mol. The molecule has 0 unspecified atom stereocenters. The van der Waals surface area contributed by atoms with Gasteiger partial charge in [0.05, 0.1) is 24.3 Å². The number of ether oxygens (including phenoxy) is 2. The number of imidazole rings is 1. The van der Waals surface area contributed by atoms with E-state index >= 15 is 0 Å². The summed E-state index contributed by atoms with van der Waals surface area (Å²) in [5.74, 6) is -0.390. The smallest absolute Gasteiger partial charge is 0.280 e. The Labute approximate surface area is 245 Å². The van der Waals surface area contributed by atoms with Gasteiger partial charge in [-0.2, -0.15) is 4.99 Å². The number of nitrogens with one attached hydrogen (secondary N) is 2. The van der Waals surface area contributed by atoms with E-state index in [4.69, 9.17) is 9.47 Å². The fourth-order valence-corrected chi connectivity index (χ4v) is 5.97.